The van der Waals surface area contributed by atoms with E-state index in [1.165, 1.54) is 11.5 Å². The molecule has 2 aromatic heterocycles. The lowest BCUT2D eigenvalue weighted by Crippen LogP contribution is -2.45. The highest BCUT2D eigenvalue weighted by molar-refractivity contribution is 7.52. The Balaban J connectivity index is 1.29. The highest BCUT2D eigenvalue weighted by atomic mass is 31.2. The number of carbonyl (C=O) groups excluding carboxylic acids is 1. The van der Waals surface area contributed by atoms with Crippen molar-refractivity contribution in [3.8, 4) is 5.75 Å². The molecule has 6 rings (SSSR count). The molecule has 4 N–H and O–H groups in total. The molecule has 248 valence electrons. The molecule has 1 unspecified atom stereocenters. The second-order valence-electron chi connectivity index (χ2n) is 10.8. The van der Waals surface area contributed by atoms with Crippen molar-refractivity contribution >= 4 is 35.7 Å². The number of esters is 1. The average molecular weight is 677 g/mol. The lowest BCUT2D eigenvalue weighted by atomic mass is 10.1. The molecule has 3 heterocycles. The number of hydrogen-bond acceptors (Lipinski definition) is 12. The lowest BCUT2D eigenvalue weighted by Gasteiger charge is -2.29. The molecule has 1 aliphatic rings. The van der Waals surface area contributed by atoms with Gasteiger partial charge < -0.3 is 29.2 Å². The minimum absolute atomic E-state index is 0.00197. The van der Waals surface area contributed by atoms with E-state index < -0.39 is 56.1 Å². The standard InChI is InChI=1S/C30H29N8O9P/c1-18(29(42)44-14-19-8-3-2-4-9-19)35-48(43,47-22-13-7-11-20-10-5-6-12-21(20)22)45-15-30(36-37-31)25(40)24(39)28(46-30)38-17-34-23-26(38)32-16-33-27(23)41/h2-13,16-18,24-25,28,39-40H,14-15H2,1H3,(H,35,43)(H,32,33,41)/t18-,24+,25-,28+,30+,48?/m0/s1. The first kappa shape index (κ1) is 32.8. The van der Waals surface area contributed by atoms with E-state index in [-0.39, 0.29) is 23.5 Å². The fourth-order valence-electron chi connectivity index (χ4n) is 5.16. The number of aliphatic hydroxyl groups excluding tert-OH is 2. The zero-order valence-electron chi connectivity index (χ0n) is 25.2. The second kappa shape index (κ2) is 13.5. The number of nitrogens with one attached hydrogen (secondary N) is 2. The normalized spacial score (nSPS) is 22.5. The van der Waals surface area contributed by atoms with Gasteiger partial charge in [-0.25, -0.2) is 14.5 Å². The first-order valence-electron chi connectivity index (χ1n) is 14.5. The maximum Gasteiger partial charge on any atom is 0.459 e. The molecule has 1 aliphatic heterocycles. The van der Waals surface area contributed by atoms with Gasteiger partial charge in [0.1, 0.15) is 30.6 Å². The summed E-state index contributed by atoms with van der Waals surface area (Å²) in [6.45, 7) is 0.399. The minimum atomic E-state index is -4.63. The van der Waals surface area contributed by atoms with E-state index >= 15 is 0 Å². The van der Waals surface area contributed by atoms with Crippen LogP contribution < -0.4 is 15.2 Å². The molecular weight excluding hydrogens is 647 g/mol. The number of imidazole rings is 1. The fraction of sp³-hybridized carbons (Fsp3) is 0.267. The SMILES string of the molecule is C[C@H](NP(=O)(OC[C@@]1(N=[N+]=[N-])O[C@@H](n2cnc3c(=O)[nH]cnc32)[C@H](O)[C@@H]1O)Oc1cccc2ccccc12)C(=O)OCc1ccccc1. The van der Waals surface area contributed by atoms with Crippen LogP contribution in [-0.4, -0.2) is 66.3 Å². The van der Waals surface area contributed by atoms with Gasteiger partial charge in [-0.05, 0) is 29.5 Å². The monoisotopic (exact) mass is 676 g/mol. The van der Waals surface area contributed by atoms with Crippen LogP contribution in [0.1, 0.15) is 18.7 Å². The number of rotatable bonds is 12. The molecule has 0 saturated carbocycles. The molecule has 3 aromatic carbocycles. The Morgan fingerprint density at radius 3 is 2.71 bits per heavy atom. The van der Waals surface area contributed by atoms with Crippen LogP contribution in [0.15, 0.2) is 95.4 Å². The van der Waals surface area contributed by atoms with Crippen LogP contribution >= 0.6 is 7.75 Å². The van der Waals surface area contributed by atoms with Crippen LogP contribution in [0.5, 0.6) is 5.75 Å². The molecule has 6 atom stereocenters. The van der Waals surface area contributed by atoms with Crippen LogP contribution in [0.25, 0.3) is 32.4 Å². The topological polar surface area (TPSA) is 236 Å². The third-order valence-corrected chi connectivity index (χ3v) is 9.20. The maximum atomic E-state index is 14.5. The number of benzene rings is 3. The summed E-state index contributed by atoms with van der Waals surface area (Å²) in [4.78, 5) is 38.3. The summed E-state index contributed by atoms with van der Waals surface area (Å²) in [6, 6.07) is 19.8. The van der Waals surface area contributed by atoms with E-state index in [9.17, 15) is 29.9 Å². The Morgan fingerprint density at radius 2 is 1.92 bits per heavy atom. The van der Waals surface area contributed by atoms with E-state index in [4.69, 9.17) is 18.5 Å². The Kier molecular flexibility index (Phi) is 9.26. The van der Waals surface area contributed by atoms with Gasteiger partial charge >= 0.3 is 13.7 Å². The molecule has 18 heteroatoms. The smallest absolute Gasteiger partial charge is 0.459 e. The van der Waals surface area contributed by atoms with Crippen molar-refractivity contribution in [2.24, 2.45) is 5.11 Å². The fourth-order valence-corrected chi connectivity index (χ4v) is 6.70. The summed E-state index contributed by atoms with van der Waals surface area (Å²) in [5.74, 6) is -0.658. The summed E-state index contributed by atoms with van der Waals surface area (Å²) < 4.78 is 38.6. The Morgan fingerprint density at radius 1 is 1.17 bits per heavy atom. The zero-order chi connectivity index (χ0) is 33.9. The van der Waals surface area contributed by atoms with Crippen LogP contribution in [0.2, 0.25) is 0 Å². The predicted molar refractivity (Wildman–Crippen MR) is 169 cm³/mol. The van der Waals surface area contributed by atoms with Gasteiger partial charge in [0.25, 0.3) is 5.56 Å². The third kappa shape index (κ3) is 6.52. The van der Waals surface area contributed by atoms with Crippen molar-refractivity contribution < 1.29 is 38.1 Å². The van der Waals surface area contributed by atoms with E-state index in [0.717, 1.165) is 23.6 Å². The number of azide groups is 1. The molecule has 5 aromatic rings. The molecule has 0 spiro atoms. The molecule has 17 nitrogen and oxygen atoms in total. The van der Waals surface area contributed by atoms with Crippen molar-refractivity contribution in [1.82, 2.24) is 24.6 Å². The molecule has 1 saturated heterocycles. The Hall–Kier alpha value is -5.12. The first-order valence-corrected chi connectivity index (χ1v) is 16.1. The van der Waals surface area contributed by atoms with Gasteiger partial charge in [0, 0.05) is 10.3 Å². The van der Waals surface area contributed by atoms with Gasteiger partial charge in [0.2, 0.25) is 5.72 Å². The van der Waals surface area contributed by atoms with Crippen molar-refractivity contribution in [2.75, 3.05) is 6.61 Å². The minimum Gasteiger partial charge on any atom is -0.460 e. The first-order chi connectivity index (χ1) is 23.1. The van der Waals surface area contributed by atoms with E-state index in [2.05, 4.69) is 30.1 Å². The van der Waals surface area contributed by atoms with Gasteiger partial charge in [-0.1, -0.05) is 71.8 Å². The van der Waals surface area contributed by atoms with E-state index in [1.807, 2.05) is 24.3 Å². The van der Waals surface area contributed by atoms with E-state index in [0.29, 0.717) is 5.39 Å². The molecule has 0 amide bonds. The molecule has 0 bridgehead atoms. The quantitative estimate of drug-likeness (QED) is 0.0489. The maximum absolute atomic E-state index is 14.5. The summed E-state index contributed by atoms with van der Waals surface area (Å²) in [5.41, 5.74) is 7.16. The summed E-state index contributed by atoms with van der Waals surface area (Å²) in [7, 11) is -4.63. The van der Waals surface area contributed by atoms with Crippen LogP contribution in [0.3, 0.4) is 0 Å². The second-order valence-corrected chi connectivity index (χ2v) is 12.5. The molecule has 0 aliphatic carbocycles. The van der Waals surface area contributed by atoms with Crippen LogP contribution in [0, 0.1) is 0 Å². The average Bonchev–Trinajstić information content (AvgIpc) is 3.63. The molecular formula is C30H29N8O9P. The Bertz CT molecular complexity index is 2100. The van der Waals surface area contributed by atoms with Crippen LogP contribution in [-0.2, 0) is 30.0 Å². The van der Waals surface area contributed by atoms with Crippen LogP contribution in [0.4, 0.5) is 0 Å². The summed E-state index contributed by atoms with van der Waals surface area (Å²) in [6.07, 6.45) is -2.93. The largest absolute Gasteiger partial charge is 0.460 e. The number of H-pyrrole nitrogens is 1. The zero-order valence-corrected chi connectivity index (χ0v) is 26.1. The van der Waals surface area contributed by atoms with Gasteiger partial charge in [0.15, 0.2) is 17.4 Å². The molecule has 0 radical (unpaired) electrons. The number of nitrogens with zero attached hydrogens (tertiary/aromatic N) is 6. The van der Waals surface area contributed by atoms with Gasteiger partial charge in [-0.3, -0.25) is 18.7 Å². The van der Waals surface area contributed by atoms with Gasteiger partial charge in [-0.2, -0.15) is 5.09 Å². The highest BCUT2D eigenvalue weighted by Gasteiger charge is 2.56. The predicted octanol–water partition coefficient (Wildman–Crippen LogP) is 3.46. The number of aromatic amines is 1. The van der Waals surface area contributed by atoms with Gasteiger partial charge in [-0.15, -0.1) is 0 Å². The lowest BCUT2D eigenvalue weighted by molar-refractivity contribution is -0.146. The number of ether oxygens (including phenoxy) is 2. The van der Waals surface area contributed by atoms with E-state index in [1.54, 1.807) is 48.5 Å². The number of hydrogen-bond donors (Lipinski definition) is 4. The number of aliphatic hydroxyl groups is 2. The number of carbonyl (C=O) groups is 1. The third-order valence-electron chi connectivity index (χ3n) is 7.59. The van der Waals surface area contributed by atoms with Gasteiger partial charge in [0.05, 0.1) is 19.3 Å². The molecule has 1 fully saturated rings. The van der Waals surface area contributed by atoms with Crippen molar-refractivity contribution in [1.29, 1.82) is 0 Å². The van der Waals surface area contributed by atoms with Crippen molar-refractivity contribution in [3.63, 3.8) is 0 Å². The number of fused-ring (bicyclic) bond motifs is 2. The molecule has 48 heavy (non-hydrogen) atoms. The highest BCUT2D eigenvalue weighted by Crippen LogP contribution is 2.49. The summed E-state index contributed by atoms with van der Waals surface area (Å²) in [5, 5.41) is 29.6. The Labute approximate surface area is 271 Å². The van der Waals surface area contributed by atoms with Crippen molar-refractivity contribution in [3.05, 3.63) is 112 Å². The number of aromatic nitrogens is 4. The summed E-state index contributed by atoms with van der Waals surface area (Å²) >= 11 is 0. The van der Waals surface area contributed by atoms with Crippen molar-refractivity contribution in [2.45, 2.75) is 43.7 Å².